The number of hydrogen-bond acceptors (Lipinski definition) is 2. The van der Waals surface area contributed by atoms with E-state index in [4.69, 9.17) is 4.74 Å². The molecule has 21 heavy (non-hydrogen) atoms. The molecule has 2 unspecified atom stereocenters. The number of aliphatic imine (C=N–C) groups is 1. The van der Waals surface area contributed by atoms with Gasteiger partial charge in [-0.1, -0.05) is 25.1 Å². The standard InChI is InChI=1S/C16H27N3O.HI/c1-6-13(3)19-16(17-5)18-11-14(4)20-15-10-8-7-9-12(15)2;/h7-10,13-14H,6,11H2,1-5H3,(H2,17,18,19);1H. The molecule has 1 aromatic carbocycles. The van der Waals surface area contributed by atoms with Crippen molar-refractivity contribution in [3.63, 3.8) is 0 Å². The minimum atomic E-state index is 0. The number of halogens is 1. The van der Waals surface area contributed by atoms with Crippen molar-refractivity contribution in [2.24, 2.45) is 4.99 Å². The topological polar surface area (TPSA) is 45.7 Å². The average molecular weight is 405 g/mol. The van der Waals surface area contributed by atoms with Crippen molar-refractivity contribution in [3.05, 3.63) is 29.8 Å². The summed E-state index contributed by atoms with van der Waals surface area (Å²) < 4.78 is 5.93. The lowest BCUT2D eigenvalue weighted by Gasteiger charge is -2.20. The molecular formula is C16H28IN3O. The summed E-state index contributed by atoms with van der Waals surface area (Å²) in [4.78, 5) is 4.21. The Balaban J connectivity index is 0.00000400. The van der Waals surface area contributed by atoms with Crippen LogP contribution in [0.15, 0.2) is 29.3 Å². The van der Waals surface area contributed by atoms with Crippen molar-refractivity contribution >= 4 is 29.9 Å². The van der Waals surface area contributed by atoms with Crippen molar-refractivity contribution in [1.29, 1.82) is 0 Å². The first-order chi connectivity index (χ1) is 9.56. The van der Waals surface area contributed by atoms with Crippen molar-refractivity contribution < 1.29 is 4.74 Å². The molecular weight excluding hydrogens is 377 g/mol. The molecule has 1 rings (SSSR count). The van der Waals surface area contributed by atoms with Crippen LogP contribution in [-0.2, 0) is 0 Å². The fourth-order valence-corrected chi connectivity index (χ4v) is 1.72. The fourth-order valence-electron chi connectivity index (χ4n) is 1.72. The van der Waals surface area contributed by atoms with E-state index >= 15 is 0 Å². The van der Waals surface area contributed by atoms with E-state index in [1.165, 1.54) is 0 Å². The molecule has 0 spiro atoms. The second-order valence-corrected chi connectivity index (χ2v) is 5.10. The normalized spacial score (nSPS) is 13.9. The van der Waals surface area contributed by atoms with Gasteiger partial charge in [0.25, 0.3) is 0 Å². The number of benzene rings is 1. The molecule has 2 N–H and O–H groups in total. The molecule has 0 saturated heterocycles. The van der Waals surface area contributed by atoms with Crippen LogP contribution in [0.25, 0.3) is 0 Å². The number of nitrogens with one attached hydrogen (secondary N) is 2. The van der Waals surface area contributed by atoms with Gasteiger partial charge < -0.3 is 15.4 Å². The predicted octanol–water partition coefficient (Wildman–Crippen LogP) is 3.34. The summed E-state index contributed by atoms with van der Waals surface area (Å²) in [5.74, 6) is 1.76. The Labute approximate surface area is 145 Å². The van der Waals surface area contributed by atoms with E-state index in [-0.39, 0.29) is 30.1 Å². The average Bonchev–Trinajstić information content (AvgIpc) is 2.45. The van der Waals surface area contributed by atoms with Gasteiger partial charge in [-0.25, -0.2) is 0 Å². The number of aryl methyl sites for hydroxylation is 1. The summed E-state index contributed by atoms with van der Waals surface area (Å²) in [7, 11) is 1.78. The van der Waals surface area contributed by atoms with Gasteiger partial charge in [0.05, 0.1) is 6.54 Å². The summed E-state index contributed by atoms with van der Waals surface area (Å²) in [5, 5.41) is 6.62. The van der Waals surface area contributed by atoms with Crippen LogP contribution < -0.4 is 15.4 Å². The van der Waals surface area contributed by atoms with Gasteiger partial charge in [0.1, 0.15) is 11.9 Å². The third-order valence-corrected chi connectivity index (χ3v) is 3.20. The number of para-hydroxylation sites is 1. The van der Waals surface area contributed by atoms with Crippen molar-refractivity contribution in [1.82, 2.24) is 10.6 Å². The fraction of sp³-hybridized carbons (Fsp3) is 0.562. The quantitative estimate of drug-likeness (QED) is 0.434. The molecule has 5 heteroatoms. The molecule has 0 aliphatic rings. The maximum Gasteiger partial charge on any atom is 0.191 e. The molecule has 0 bridgehead atoms. The summed E-state index contributed by atoms with van der Waals surface area (Å²) >= 11 is 0. The van der Waals surface area contributed by atoms with Crippen molar-refractivity contribution in [2.75, 3.05) is 13.6 Å². The molecule has 2 atom stereocenters. The molecule has 4 nitrogen and oxygen atoms in total. The number of rotatable bonds is 6. The van der Waals surface area contributed by atoms with E-state index in [0.717, 1.165) is 23.7 Å². The second-order valence-electron chi connectivity index (χ2n) is 5.10. The van der Waals surface area contributed by atoms with Crippen LogP contribution in [0.5, 0.6) is 5.75 Å². The van der Waals surface area contributed by atoms with Gasteiger partial charge in [-0.15, -0.1) is 24.0 Å². The van der Waals surface area contributed by atoms with E-state index in [0.29, 0.717) is 12.6 Å². The second kappa shape index (κ2) is 10.7. The van der Waals surface area contributed by atoms with Crippen LogP contribution in [0.4, 0.5) is 0 Å². The maximum absolute atomic E-state index is 5.93. The lowest BCUT2D eigenvalue weighted by Crippen LogP contribution is -2.45. The third kappa shape index (κ3) is 7.55. The number of hydrogen-bond donors (Lipinski definition) is 2. The van der Waals surface area contributed by atoms with Crippen LogP contribution in [0, 0.1) is 6.92 Å². The predicted molar refractivity (Wildman–Crippen MR) is 101 cm³/mol. The van der Waals surface area contributed by atoms with Crippen LogP contribution in [0.1, 0.15) is 32.8 Å². The third-order valence-electron chi connectivity index (χ3n) is 3.20. The monoisotopic (exact) mass is 405 g/mol. The zero-order valence-electron chi connectivity index (χ0n) is 13.6. The van der Waals surface area contributed by atoms with Gasteiger partial charge in [0.15, 0.2) is 5.96 Å². The molecule has 0 amide bonds. The van der Waals surface area contributed by atoms with E-state index in [1.807, 2.05) is 18.2 Å². The summed E-state index contributed by atoms with van der Waals surface area (Å²) in [6.45, 7) is 9.11. The van der Waals surface area contributed by atoms with E-state index in [9.17, 15) is 0 Å². The summed E-state index contributed by atoms with van der Waals surface area (Å²) in [6, 6.07) is 8.47. The Bertz CT molecular complexity index is 437. The first-order valence-corrected chi connectivity index (χ1v) is 7.26. The molecule has 1 aromatic rings. The maximum atomic E-state index is 5.93. The molecule has 0 aliphatic heterocycles. The van der Waals surface area contributed by atoms with Crippen LogP contribution in [-0.4, -0.2) is 31.7 Å². The van der Waals surface area contributed by atoms with Crippen LogP contribution in [0.3, 0.4) is 0 Å². The van der Waals surface area contributed by atoms with Crippen LogP contribution in [0.2, 0.25) is 0 Å². The van der Waals surface area contributed by atoms with E-state index in [1.54, 1.807) is 7.05 Å². The van der Waals surface area contributed by atoms with Gasteiger partial charge >= 0.3 is 0 Å². The highest BCUT2D eigenvalue weighted by atomic mass is 127. The zero-order chi connectivity index (χ0) is 15.0. The highest BCUT2D eigenvalue weighted by Gasteiger charge is 2.08. The smallest absolute Gasteiger partial charge is 0.191 e. The van der Waals surface area contributed by atoms with Gasteiger partial charge in [0, 0.05) is 13.1 Å². The van der Waals surface area contributed by atoms with Gasteiger partial charge in [0.2, 0.25) is 0 Å². The van der Waals surface area contributed by atoms with Gasteiger partial charge in [-0.05, 0) is 38.8 Å². The molecule has 0 saturated carbocycles. The lowest BCUT2D eigenvalue weighted by atomic mass is 10.2. The van der Waals surface area contributed by atoms with Gasteiger partial charge in [-0.3, -0.25) is 4.99 Å². The Morgan fingerprint density at radius 3 is 2.52 bits per heavy atom. The SMILES string of the molecule is CCC(C)NC(=NC)NCC(C)Oc1ccccc1C.I. The first kappa shape index (κ1) is 20.0. The molecule has 0 aliphatic carbocycles. The molecule has 0 aromatic heterocycles. The Morgan fingerprint density at radius 2 is 1.95 bits per heavy atom. The summed E-state index contributed by atoms with van der Waals surface area (Å²) in [5.41, 5.74) is 1.15. The number of guanidine groups is 1. The van der Waals surface area contributed by atoms with Crippen molar-refractivity contribution in [2.45, 2.75) is 46.3 Å². The minimum Gasteiger partial charge on any atom is -0.489 e. The van der Waals surface area contributed by atoms with Gasteiger partial charge in [-0.2, -0.15) is 0 Å². The highest BCUT2D eigenvalue weighted by molar-refractivity contribution is 14.0. The van der Waals surface area contributed by atoms with E-state index < -0.39 is 0 Å². The zero-order valence-corrected chi connectivity index (χ0v) is 16.0. The van der Waals surface area contributed by atoms with Crippen molar-refractivity contribution in [3.8, 4) is 5.75 Å². The van der Waals surface area contributed by atoms with Crippen LogP contribution >= 0.6 is 24.0 Å². The lowest BCUT2D eigenvalue weighted by molar-refractivity contribution is 0.222. The number of nitrogens with zero attached hydrogens (tertiary/aromatic N) is 1. The minimum absolute atomic E-state index is 0. The highest BCUT2D eigenvalue weighted by Crippen LogP contribution is 2.17. The van der Waals surface area contributed by atoms with E-state index in [2.05, 4.69) is 49.4 Å². The Kier molecular flexibility index (Phi) is 10.2. The molecule has 0 heterocycles. The molecule has 0 radical (unpaired) electrons. The molecule has 120 valence electrons. The Hall–Kier alpha value is -0.980. The first-order valence-electron chi connectivity index (χ1n) is 7.26. The largest absolute Gasteiger partial charge is 0.489 e. The molecule has 0 fully saturated rings. The summed E-state index contributed by atoms with van der Waals surface area (Å²) in [6.07, 6.45) is 1.14. The number of ether oxygens (including phenoxy) is 1. The Morgan fingerprint density at radius 1 is 1.29 bits per heavy atom.